The largest absolute Gasteiger partial charge is 0.481 e. The van der Waals surface area contributed by atoms with E-state index in [4.69, 9.17) is 16.3 Å². The first-order valence-electron chi connectivity index (χ1n) is 8.62. The quantitative estimate of drug-likeness (QED) is 0.760. The zero-order chi connectivity index (χ0) is 18.6. The van der Waals surface area contributed by atoms with Crippen molar-refractivity contribution in [2.45, 2.75) is 53.2 Å². The first kappa shape index (κ1) is 19.3. The molecule has 0 aliphatic heterocycles. The number of amides is 1. The monoisotopic (exact) mass is 359 g/mol. The fraction of sp³-hybridized carbons (Fsp3) is 0.381. The van der Waals surface area contributed by atoms with Gasteiger partial charge in [0.15, 0.2) is 6.10 Å². The van der Waals surface area contributed by atoms with E-state index in [2.05, 4.69) is 44.3 Å². The van der Waals surface area contributed by atoms with Crippen LogP contribution in [-0.2, 0) is 4.79 Å². The van der Waals surface area contributed by atoms with E-state index < -0.39 is 6.10 Å². The van der Waals surface area contributed by atoms with Crippen molar-refractivity contribution in [3.63, 3.8) is 0 Å². The van der Waals surface area contributed by atoms with Crippen molar-refractivity contribution in [2.75, 3.05) is 0 Å². The molecule has 1 amide bonds. The molecule has 0 aliphatic carbocycles. The van der Waals surface area contributed by atoms with Crippen LogP contribution in [0.15, 0.2) is 36.4 Å². The zero-order valence-electron chi connectivity index (χ0n) is 15.5. The lowest BCUT2D eigenvalue weighted by Crippen LogP contribution is -2.38. The van der Waals surface area contributed by atoms with Gasteiger partial charge in [-0.15, -0.1) is 0 Å². The standard InChI is InChI=1S/C21H26ClNO2/c1-6-20(18-9-7-13(2)11-14(18)3)23-21(24)16(5)25-17-8-10-19(22)15(4)12-17/h7-12,16,20H,6H2,1-5H3,(H,23,24)/t16-,20-/m0/s1. The zero-order valence-corrected chi connectivity index (χ0v) is 16.3. The van der Waals surface area contributed by atoms with Gasteiger partial charge in [0.25, 0.3) is 5.91 Å². The molecule has 4 heteroatoms. The molecule has 2 atom stereocenters. The Labute approximate surface area is 155 Å². The summed E-state index contributed by atoms with van der Waals surface area (Å²) in [6, 6.07) is 11.7. The van der Waals surface area contributed by atoms with Crippen LogP contribution in [0.5, 0.6) is 5.75 Å². The maximum atomic E-state index is 12.6. The molecule has 134 valence electrons. The number of aryl methyl sites for hydroxylation is 3. The van der Waals surface area contributed by atoms with Crippen LogP contribution in [0.4, 0.5) is 0 Å². The van der Waals surface area contributed by atoms with Crippen LogP contribution in [-0.4, -0.2) is 12.0 Å². The molecule has 2 aromatic carbocycles. The highest BCUT2D eigenvalue weighted by molar-refractivity contribution is 6.31. The van der Waals surface area contributed by atoms with Crippen LogP contribution in [0, 0.1) is 20.8 Å². The van der Waals surface area contributed by atoms with Gasteiger partial charge in [-0.25, -0.2) is 0 Å². The molecule has 0 aliphatic rings. The average Bonchev–Trinajstić information content (AvgIpc) is 2.56. The van der Waals surface area contributed by atoms with Crippen molar-refractivity contribution in [1.82, 2.24) is 5.32 Å². The Bertz CT molecular complexity index is 758. The number of rotatable bonds is 6. The summed E-state index contributed by atoms with van der Waals surface area (Å²) in [6.07, 6.45) is 0.239. The van der Waals surface area contributed by atoms with Crippen LogP contribution in [0.2, 0.25) is 5.02 Å². The molecule has 3 nitrogen and oxygen atoms in total. The summed E-state index contributed by atoms with van der Waals surface area (Å²) in [7, 11) is 0. The minimum atomic E-state index is -0.583. The third kappa shape index (κ3) is 4.99. The predicted molar refractivity (Wildman–Crippen MR) is 103 cm³/mol. The minimum Gasteiger partial charge on any atom is -0.481 e. The molecular formula is C21H26ClNO2. The topological polar surface area (TPSA) is 38.3 Å². The lowest BCUT2D eigenvalue weighted by Gasteiger charge is -2.22. The molecular weight excluding hydrogens is 334 g/mol. The number of carbonyl (C=O) groups is 1. The summed E-state index contributed by atoms with van der Waals surface area (Å²) in [5.41, 5.74) is 4.48. The number of hydrogen-bond acceptors (Lipinski definition) is 2. The van der Waals surface area contributed by atoms with Gasteiger partial charge in [0.2, 0.25) is 0 Å². The number of nitrogens with one attached hydrogen (secondary N) is 1. The Morgan fingerprint density at radius 2 is 1.84 bits per heavy atom. The highest BCUT2D eigenvalue weighted by Gasteiger charge is 2.20. The van der Waals surface area contributed by atoms with E-state index in [9.17, 15) is 4.79 Å². The Morgan fingerprint density at radius 3 is 2.44 bits per heavy atom. The smallest absolute Gasteiger partial charge is 0.261 e. The van der Waals surface area contributed by atoms with E-state index in [-0.39, 0.29) is 11.9 Å². The predicted octanol–water partition coefficient (Wildman–Crippen LogP) is 5.30. The molecule has 0 saturated heterocycles. The normalized spacial score (nSPS) is 13.2. The molecule has 25 heavy (non-hydrogen) atoms. The third-order valence-electron chi connectivity index (χ3n) is 4.34. The lowest BCUT2D eigenvalue weighted by molar-refractivity contribution is -0.128. The van der Waals surface area contributed by atoms with Gasteiger partial charge in [-0.2, -0.15) is 0 Å². The van der Waals surface area contributed by atoms with E-state index in [1.165, 1.54) is 11.1 Å². The molecule has 0 aromatic heterocycles. The Balaban J connectivity index is 2.06. The van der Waals surface area contributed by atoms with Gasteiger partial charge in [-0.05, 0) is 69.0 Å². The lowest BCUT2D eigenvalue weighted by atomic mass is 9.97. The van der Waals surface area contributed by atoms with Gasteiger partial charge in [0.1, 0.15) is 5.75 Å². The maximum absolute atomic E-state index is 12.6. The summed E-state index contributed by atoms with van der Waals surface area (Å²) in [5.74, 6) is 0.517. The second kappa shape index (κ2) is 8.39. The van der Waals surface area contributed by atoms with Gasteiger partial charge in [-0.1, -0.05) is 42.3 Å². The molecule has 1 N–H and O–H groups in total. The third-order valence-corrected chi connectivity index (χ3v) is 4.76. The first-order valence-corrected chi connectivity index (χ1v) is 9.00. The summed E-state index contributed by atoms with van der Waals surface area (Å²) < 4.78 is 5.77. The minimum absolute atomic E-state index is 0.0221. The van der Waals surface area contributed by atoms with E-state index in [0.29, 0.717) is 10.8 Å². The Hall–Kier alpha value is -2.00. The second-order valence-electron chi connectivity index (χ2n) is 6.50. The number of carbonyl (C=O) groups excluding carboxylic acids is 1. The number of ether oxygens (including phenoxy) is 1. The molecule has 0 bridgehead atoms. The number of hydrogen-bond donors (Lipinski definition) is 1. The van der Waals surface area contributed by atoms with Crippen molar-refractivity contribution in [3.05, 3.63) is 63.7 Å². The van der Waals surface area contributed by atoms with Gasteiger partial charge < -0.3 is 10.1 Å². The fourth-order valence-corrected chi connectivity index (χ4v) is 2.97. The molecule has 2 rings (SSSR count). The maximum Gasteiger partial charge on any atom is 0.261 e. The van der Waals surface area contributed by atoms with E-state index in [0.717, 1.165) is 17.5 Å². The highest BCUT2D eigenvalue weighted by Crippen LogP contribution is 2.24. The number of benzene rings is 2. The van der Waals surface area contributed by atoms with E-state index >= 15 is 0 Å². The van der Waals surface area contributed by atoms with Crippen LogP contribution < -0.4 is 10.1 Å². The summed E-state index contributed by atoms with van der Waals surface area (Å²) >= 11 is 6.03. The Morgan fingerprint density at radius 1 is 1.12 bits per heavy atom. The fourth-order valence-electron chi connectivity index (χ4n) is 2.85. The second-order valence-corrected chi connectivity index (χ2v) is 6.91. The van der Waals surface area contributed by atoms with E-state index in [1.807, 2.05) is 13.0 Å². The van der Waals surface area contributed by atoms with Gasteiger partial charge in [0.05, 0.1) is 6.04 Å². The van der Waals surface area contributed by atoms with Crippen molar-refractivity contribution in [3.8, 4) is 5.75 Å². The molecule has 0 unspecified atom stereocenters. The van der Waals surface area contributed by atoms with Crippen LogP contribution in [0.1, 0.15) is 48.6 Å². The first-order chi connectivity index (χ1) is 11.8. The van der Waals surface area contributed by atoms with Gasteiger partial charge in [0, 0.05) is 5.02 Å². The van der Waals surface area contributed by atoms with Crippen LogP contribution in [0.25, 0.3) is 0 Å². The molecule has 2 aromatic rings. The van der Waals surface area contributed by atoms with Crippen molar-refractivity contribution in [2.24, 2.45) is 0 Å². The molecule has 0 heterocycles. The summed E-state index contributed by atoms with van der Waals surface area (Å²) in [4.78, 5) is 12.6. The SMILES string of the molecule is CC[C@H](NC(=O)[C@H](C)Oc1ccc(Cl)c(C)c1)c1ccc(C)cc1C. The van der Waals surface area contributed by atoms with Crippen LogP contribution >= 0.6 is 11.6 Å². The van der Waals surface area contributed by atoms with Crippen LogP contribution in [0.3, 0.4) is 0 Å². The van der Waals surface area contributed by atoms with E-state index in [1.54, 1.807) is 19.1 Å². The molecule has 0 spiro atoms. The molecule has 0 saturated carbocycles. The summed E-state index contributed by atoms with van der Waals surface area (Å²) in [6.45, 7) is 9.88. The summed E-state index contributed by atoms with van der Waals surface area (Å²) in [5, 5.41) is 3.78. The van der Waals surface area contributed by atoms with Gasteiger partial charge in [-0.3, -0.25) is 4.79 Å². The Kier molecular flexibility index (Phi) is 6.49. The van der Waals surface area contributed by atoms with Gasteiger partial charge >= 0.3 is 0 Å². The van der Waals surface area contributed by atoms with Crippen molar-refractivity contribution < 1.29 is 9.53 Å². The highest BCUT2D eigenvalue weighted by atomic mass is 35.5. The average molecular weight is 360 g/mol. The van der Waals surface area contributed by atoms with Crippen molar-refractivity contribution in [1.29, 1.82) is 0 Å². The number of halogens is 1. The van der Waals surface area contributed by atoms with Crippen molar-refractivity contribution >= 4 is 17.5 Å². The molecule has 0 fully saturated rings. The molecule has 0 radical (unpaired) electrons.